The number of benzene rings is 1. The molecule has 4 rings (SSSR count). The number of furan rings is 1. The Kier molecular flexibility index (Phi) is 3.91. The molecule has 144 valence electrons. The normalized spacial score (nSPS) is 31.8. The van der Waals surface area contributed by atoms with Gasteiger partial charge in [-0.1, -0.05) is 18.2 Å². The van der Waals surface area contributed by atoms with Crippen LogP contribution in [-0.4, -0.2) is 18.8 Å². The van der Waals surface area contributed by atoms with Gasteiger partial charge in [-0.05, 0) is 12.1 Å². The van der Waals surface area contributed by atoms with Gasteiger partial charge in [0.05, 0.1) is 43.8 Å². The summed E-state index contributed by atoms with van der Waals surface area (Å²) in [6.07, 6.45) is 1.59. The van der Waals surface area contributed by atoms with E-state index in [9.17, 15) is 15.8 Å². The first-order chi connectivity index (χ1) is 13.9. The van der Waals surface area contributed by atoms with E-state index in [2.05, 4.69) is 6.07 Å². The molecule has 0 aliphatic carbocycles. The van der Waals surface area contributed by atoms with Crippen molar-refractivity contribution in [2.45, 2.75) is 24.7 Å². The molecule has 1 N–H and O–H groups in total. The molecule has 0 amide bonds. The number of methoxy groups -OCH3 is 1. The minimum Gasteiger partial charge on any atom is -0.496 e. The molecule has 1 aromatic carbocycles. The van der Waals surface area contributed by atoms with Gasteiger partial charge in [-0.25, -0.2) is 0 Å². The average Bonchev–Trinajstić information content (AvgIpc) is 3.32. The van der Waals surface area contributed by atoms with Gasteiger partial charge in [0.1, 0.15) is 11.9 Å². The second kappa shape index (κ2) is 6.10. The van der Waals surface area contributed by atoms with E-state index in [4.69, 9.17) is 24.0 Å². The van der Waals surface area contributed by atoms with Crippen LogP contribution < -0.4 is 4.74 Å². The quantitative estimate of drug-likeness (QED) is 0.850. The van der Waals surface area contributed by atoms with Crippen molar-refractivity contribution in [3.8, 4) is 24.0 Å². The summed E-state index contributed by atoms with van der Waals surface area (Å²) < 4.78 is 22.5. The minimum absolute atomic E-state index is 0.413. The van der Waals surface area contributed by atoms with E-state index in [-0.39, 0.29) is 0 Å². The van der Waals surface area contributed by atoms with Gasteiger partial charge >= 0.3 is 0 Å². The molecule has 29 heavy (non-hydrogen) atoms. The molecular formula is C21H16N4O4. The molecule has 0 spiro atoms. The zero-order valence-electron chi connectivity index (χ0n) is 15.7. The first kappa shape index (κ1) is 18.6. The summed E-state index contributed by atoms with van der Waals surface area (Å²) >= 11 is 0. The molecule has 4 atom stereocenters. The van der Waals surface area contributed by atoms with Gasteiger partial charge in [-0.2, -0.15) is 15.8 Å². The highest BCUT2D eigenvalue weighted by atomic mass is 16.7. The Bertz CT molecular complexity index is 1090. The van der Waals surface area contributed by atoms with Crippen LogP contribution in [-0.2, 0) is 9.47 Å². The van der Waals surface area contributed by atoms with Crippen LogP contribution in [0.1, 0.15) is 30.1 Å². The maximum atomic E-state index is 10.4. The summed E-state index contributed by atoms with van der Waals surface area (Å²) in [5, 5.41) is 39.3. The number of fused-ring (bicyclic) bond motifs is 2. The summed E-state index contributed by atoms with van der Waals surface area (Å²) in [5.74, 6) is -2.48. The maximum absolute atomic E-state index is 10.4. The van der Waals surface area contributed by atoms with Crippen molar-refractivity contribution in [1.82, 2.24) is 0 Å². The zero-order chi connectivity index (χ0) is 20.9. The van der Waals surface area contributed by atoms with E-state index in [0.717, 1.165) is 0 Å². The zero-order valence-corrected chi connectivity index (χ0v) is 15.7. The molecule has 0 radical (unpaired) electrons. The Morgan fingerprint density at radius 3 is 2.41 bits per heavy atom. The Morgan fingerprint density at radius 1 is 1.10 bits per heavy atom. The fourth-order valence-corrected chi connectivity index (χ4v) is 4.58. The van der Waals surface area contributed by atoms with Crippen LogP contribution >= 0.6 is 0 Å². The lowest BCUT2D eigenvalue weighted by Crippen LogP contribution is -2.57. The van der Waals surface area contributed by atoms with E-state index in [1.165, 1.54) is 19.6 Å². The lowest BCUT2D eigenvalue weighted by Gasteiger charge is -2.48. The molecule has 2 bridgehead atoms. The average molecular weight is 388 g/mol. The van der Waals surface area contributed by atoms with Crippen molar-refractivity contribution in [3.05, 3.63) is 54.0 Å². The van der Waals surface area contributed by atoms with Crippen LogP contribution in [0.3, 0.4) is 0 Å². The van der Waals surface area contributed by atoms with Crippen molar-refractivity contribution in [2.75, 3.05) is 7.11 Å². The Labute approximate surface area is 166 Å². The van der Waals surface area contributed by atoms with Gasteiger partial charge in [0.15, 0.2) is 5.41 Å². The number of para-hydroxylation sites is 1. The van der Waals surface area contributed by atoms with Gasteiger partial charge < -0.3 is 18.6 Å². The monoisotopic (exact) mass is 388 g/mol. The predicted molar refractivity (Wildman–Crippen MR) is 97.2 cm³/mol. The van der Waals surface area contributed by atoms with Crippen molar-refractivity contribution in [3.63, 3.8) is 0 Å². The SMILES string of the molecule is COc1ccccc1C1C2(C)OC(=N)C1(C#N)C(C#N)(C#N)C(c1ccoc1)O2. The van der Waals surface area contributed by atoms with Crippen LogP contribution in [0.2, 0.25) is 0 Å². The van der Waals surface area contributed by atoms with Crippen molar-refractivity contribution >= 4 is 5.90 Å². The summed E-state index contributed by atoms with van der Waals surface area (Å²) in [4.78, 5) is 0. The molecule has 8 heteroatoms. The van der Waals surface area contributed by atoms with Gasteiger partial charge in [0, 0.05) is 18.1 Å². The first-order valence-electron chi connectivity index (χ1n) is 8.78. The van der Waals surface area contributed by atoms with Crippen LogP contribution in [0.15, 0.2) is 47.3 Å². The number of rotatable bonds is 3. The highest BCUT2D eigenvalue weighted by Gasteiger charge is 2.80. The van der Waals surface area contributed by atoms with E-state index in [0.29, 0.717) is 16.9 Å². The highest BCUT2D eigenvalue weighted by molar-refractivity contribution is 5.90. The summed E-state index contributed by atoms with van der Waals surface area (Å²) in [6.45, 7) is 1.60. The van der Waals surface area contributed by atoms with Crippen molar-refractivity contribution in [2.24, 2.45) is 10.8 Å². The van der Waals surface area contributed by atoms with Crippen LogP contribution in [0.5, 0.6) is 5.75 Å². The van der Waals surface area contributed by atoms with Crippen LogP contribution in [0, 0.1) is 50.2 Å². The van der Waals surface area contributed by atoms with Gasteiger partial charge in [-0.3, -0.25) is 5.41 Å². The molecule has 1 aromatic heterocycles. The fraction of sp³-hybridized carbons (Fsp3) is 0.333. The third kappa shape index (κ3) is 2.05. The number of hydrogen-bond acceptors (Lipinski definition) is 8. The number of hydrogen-bond donors (Lipinski definition) is 1. The number of nitriles is 3. The van der Waals surface area contributed by atoms with Crippen molar-refractivity contribution < 1.29 is 18.6 Å². The minimum atomic E-state index is -2.07. The molecule has 2 saturated heterocycles. The summed E-state index contributed by atoms with van der Waals surface area (Å²) in [5.41, 5.74) is -3.07. The third-order valence-electron chi connectivity index (χ3n) is 5.81. The lowest BCUT2D eigenvalue weighted by molar-refractivity contribution is -0.253. The molecule has 0 saturated carbocycles. The second-order valence-corrected chi connectivity index (χ2v) is 7.13. The molecule has 4 unspecified atom stereocenters. The van der Waals surface area contributed by atoms with Gasteiger partial charge in [-0.15, -0.1) is 0 Å². The first-order valence-corrected chi connectivity index (χ1v) is 8.78. The van der Waals surface area contributed by atoms with Gasteiger partial charge in [0.25, 0.3) is 0 Å². The summed E-state index contributed by atoms with van der Waals surface area (Å²) in [7, 11) is 1.48. The van der Waals surface area contributed by atoms with Crippen molar-refractivity contribution in [1.29, 1.82) is 21.2 Å². The number of nitrogens with one attached hydrogen (secondary N) is 1. The summed E-state index contributed by atoms with van der Waals surface area (Å²) in [6, 6.07) is 14.6. The topological polar surface area (TPSA) is 136 Å². The standard InChI is InChI=1S/C21H16N4O4/c1-19-16(14-5-3-4-6-15(14)26-2)21(12-24,18(25)29-19)20(10-22,11-23)17(28-19)13-7-8-27-9-13/h3-9,16-17,25H,1-2H3. The largest absolute Gasteiger partial charge is 0.496 e. The molecule has 3 heterocycles. The highest BCUT2D eigenvalue weighted by Crippen LogP contribution is 2.70. The molecule has 2 aliphatic rings. The lowest BCUT2D eigenvalue weighted by atomic mass is 9.52. The van der Waals surface area contributed by atoms with Crippen LogP contribution in [0.25, 0.3) is 0 Å². The van der Waals surface area contributed by atoms with Gasteiger partial charge in [0.2, 0.25) is 17.1 Å². The van der Waals surface area contributed by atoms with E-state index >= 15 is 0 Å². The third-order valence-corrected chi connectivity index (χ3v) is 5.81. The fourth-order valence-electron chi connectivity index (χ4n) is 4.58. The predicted octanol–water partition coefficient (Wildman–Crippen LogP) is 3.41. The second-order valence-electron chi connectivity index (χ2n) is 7.13. The van der Waals surface area contributed by atoms with E-state index < -0.39 is 34.5 Å². The van der Waals surface area contributed by atoms with E-state index in [1.54, 1.807) is 37.3 Å². The number of ether oxygens (including phenoxy) is 3. The van der Waals surface area contributed by atoms with Crippen LogP contribution in [0.4, 0.5) is 0 Å². The smallest absolute Gasteiger partial charge is 0.219 e. The molecule has 2 aliphatic heterocycles. The molecule has 2 fully saturated rings. The molecule has 2 aromatic rings. The van der Waals surface area contributed by atoms with E-state index in [1.807, 2.05) is 12.1 Å². The Balaban J connectivity index is 2.07. The molecule has 8 nitrogen and oxygen atoms in total. The maximum Gasteiger partial charge on any atom is 0.219 e. The Hall–Kier alpha value is -3.80. The molecular weight excluding hydrogens is 372 g/mol. The number of nitrogens with zero attached hydrogens (tertiary/aromatic N) is 3. The Morgan fingerprint density at radius 2 is 1.83 bits per heavy atom.